The van der Waals surface area contributed by atoms with Crippen LogP contribution >= 0.6 is 0 Å². The predicted octanol–water partition coefficient (Wildman–Crippen LogP) is 1.91. The molecule has 0 unspecified atom stereocenters. The van der Waals surface area contributed by atoms with Gasteiger partial charge in [-0.1, -0.05) is 17.3 Å². The van der Waals surface area contributed by atoms with Crippen LogP contribution in [0.4, 0.5) is 0 Å². The third-order valence-corrected chi connectivity index (χ3v) is 2.48. The highest BCUT2D eigenvalue weighted by molar-refractivity contribution is 6.00. The number of H-pyrrole nitrogens is 1. The number of nitrogens with zero attached hydrogens (tertiary/aromatic N) is 2. The molecule has 94 valence electrons. The summed E-state index contributed by atoms with van der Waals surface area (Å²) in [6.45, 7) is 3.76. The van der Waals surface area contributed by atoms with E-state index in [1.165, 1.54) is 0 Å². The summed E-state index contributed by atoms with van der Waals surface area (Å²) >= 11 is 0. The molecule has 0 atom stereocenters. The molecule has 6 nitrogen and oxygen atoms in total. The maximum Gasteiger partial charge on any atom is 0.238 e. The van der Waals surface area contributed by atoms with E-state index in [9.17, 15) is 0 Å². The predicted molar refractivity (Wildman–Crippen MR) is 67.1 cm³/mol. The van der Waals surface area contributed by atoms with Gasteiger partial charge in [0.1, 0.15) is 5.75 Å². The Hall–Kier alpha value is -2.50. The van der Waals surface area contributed by atoms with E-state index in [2.05, 4.69) is 15.4 Å². The van der Waals surface area contributed by atoms with Gasteiger partial charge in [0.05, 0.1) is 5.56 Å². The standard InChI is InChI=1S/C12H14N4O2/c1-7-4-3-5-9(12(13)16-17)11(7)18-10-6-8(2)14-15-10/h3-6,17H,1-2H3,(H2,13,16)(H,14,15). The molecule has 0 aliphatic heterocycles. The highest BCUT2D eigenvalue weighted by Gasteiger charge is 2.13. The van der Waals surface area contributed by atoms with Crippen molar-refractivity contribution in [2.75, 3.05) is 0 Å². The number of oxime groups is 1. The van der Waals surface area contributed by atoms with Gasteiger partial charge in [0, 0.05) is 11.8 Å². The minimum atomic E-state index is 0.000887. The maximum absolute atomic E-state index is 8.76. The van der Waals surface area contributed by atoms with Gasteiger partial charge in [0.25, 0.3) is 0 Å². The lowest BCUT2D eigenvalue weighted by Crippen LogP contribution is -2.14. The lowest BCUT2D eigenvalue weighted by molar-refractivity contribution is 0.318. The molecule has 0 aliphatic rings. The Morgan fingerprint density at radius 2 is 2.22 bits per heavy atom. The summed E-state index contributed by atoms with van der Waals surface area (Å²) in [6, 6.07) is 7.17. The van der Waals surface area contributed by atoms with E-state index < -0.39 is 0 Å². The number of hydrogen-bond donors (Lipinski definition) is 3. The van der Waals surface area contributed by atoms with Crippen LogP contribution in [0.5, 0.6) is 11.6 Å². The second-order valence-corrected chi connectivity index (χ2v) is 3.93. The van der Waals surface area contributed by atoms with Crippen LogP contribution in [-0.4, -0.2) is 21.2 Å². The molecule has 0 saturated carbocycles. The number of ether oxygens (including phenoxy) is 1. The number of aromatic amines is 1. The molecule has 0 bridgehead atoms. The van der Waals surface area contributed by atoms with Crippen LogP contribution in [0.1, 0.15) is 16.8 Å². The highest BCUT2D eigenvalue weighted by Crippen LogP contribution is 2.28. The lowest BCUT2D eigenvalue weighted by atomic mass is 10.1. The monoisotopic (exact) mass is 246 g/mol. The first-order valence-corrected chi connectivity index (χ1v) is 5.39. The summed E-state index contributed by atoms with van der Waals surface area (Å²) in [5.41, 5.74) is 7.91. The number of aromatic nitrogens is 2. The number of nitrogens with one attached hydrogen (secondary N) is 1. The quantitative estimate of drug-likeness (QED) is 0.333. The second-order valence-electron chi connectivity index (χ2n) is 3.93. The minimum absolute atomic E-state index is 0.000887. The first kappa shape index (κ1) is 12.0. The largest absolute Gasteiger partial charge is 0.436 e. The fourth-order valence-electron chi connectivity index (χ4n) is 1.59. The van der Waals surface area contributed by atoms with Crippen molar-refractivity contribution in [1.29, 1.82) is 0 Å². The van der Waals surface area contributed by atoms with Gasteiger partial charge in [-0.3, -0.25) is 5.10 Å². The maximum atomic E-state index is 8.76. The summed E-state index contributed by atoms with van der Waals surface area (Å²) in [7, 11) is 0. The van der Waals surface area contributed by atoms with Crippen molar-refractivity contribution in [3.63, 3.8) is 0 Å². The molecule has 2 aromatic rings. The van der Waals surface area contributed by atoms with Gasteiger partial charge in [0.15, 0.2) is 5.84 Å². The molecule has 0 fully saturated rings. The van der Waals surface area contributed by atoms with E-state index in [1.807, 2.05) is 26.0 Å². The Morgan fingerprint density at radius 3 is 2.83 bits per heavy atom. The zero-order chi connectivity index (χ0) is 13.1. The second kappa shape index (κ2) is 4.79. The molecule has 1 aromatic heterocycles. The van der Waals surface area contributed by atoms with E-state index in [1.54, 1.807) is 12.1 Å². The molecule has 18 heavy (non-hydrogen) atoms. The van der Waals surface area contributed by atoms with Crippen molar-refractivity contribution >= 4 is 5.84 Å². The number of hydrogen-bond acceptors (Lipinski definition) is 4. The first-order chi connectivity index (χ1) is 8.61. The van der Waals surface area contributed by atoms with E-state index in [0.29, 0.717) is 17.2 Å². The van der Waals surface area contributed by atoms with E-state index in [4.69, 9.17) is 15.7 Å². The number of nitrogens with two attached hydrogens (primary N) is 1. The Balaban J connectivity index is 2.43. The molecule has 0 radical (unpaired) electrons. The van der Waals surface area contributed by atoms with Gasteiger partial charge in [-0.05, 0) is 25.5 Å². The van der Waals surface area contributed by atoms with E-state index in [-0.39, 0.29) is 5.84 Å². The van der Waals surface area contributed by atoms with Crippen molar-refractivity contribution in [2.45, 2.75) is 13.8 Å². The van der Waals surface area contributed by atoms with Gasteiger partial charge in [-0.25, -0.2) is 0 Å². The Bertz CT molecular complexity index is 590. The summed E-state index contributed by atoms with van der Waals surface area (Å²) in [5, 5.41) is 18.5. The fourth-order valence-corrected chi connectivity index (χ4v) is 1.59. The average Bonchev–Trinajstić information content (AvgIpc) is 2.76. The number of benzene rings is 1. The summed E-state index contributed by atoms with van der Waals surface area (Å²) < 4.78 is 5.67. The van der Waals surface area contributed by atoms with Crippen LogP contribution in [0.2, 0.25) is 0 Å². The van der Waals surface area contributed by atoms with Crippen molar-refractivity contribution < 1.29 is 9.94 Å². The van der Waals surface area contributed by atoms with Crippen LogP contribution in [0, 0.1) is 13.8 Å². The summed E-state index contributed by atoms with van der Waals surface area (Å²) in [4.78, 5) is 0. The Kier molecular flexibility index (Phi) is 3.18. The molecular weight excluding hydrogens is 232 g/mol. The SMILES string of the molecule is Cc1cc(Oc2c(C)cccc2/C(N)=N/O)n[nH]1. The van der Waals surface area contributed by atoms with E-state index >= 15 is 0 Å². The molecule has 0 aliphatic carbocycles. The molecule has 0 amide bonds. The minimum Gasteiger partial charge on any atom is -0.436 e. The third kappa shape index (κ3) is 2.27. The number of aryl methyl sites for hydroxylation is 2. The van der Waals surface area contributed by atoms with Crippen LogP contribution in [0.3, 0.4) is 0 Å². The Labute approximate surface area is 104 Å². The smallest absolute Gasteiger partial charge is 0.238 e. The van der Waals surface area contributed by atoms with Gasteiger partial charge >= 0.3 is 0 Å². The first-order valence-electron chi connectivity index (χ1n) is 5.39. The summed E-state index contributed by atoms with van der Waals surface area (Å²) in [5.74, 6) is 0.967. The molecule has 6 heteroatoms. The van der Waals surface area contributed by atoms with Gasteiger partial charge in [-0.2, -0.15) is 0 Å². The summed E-state index contributed by atoms with van der Waals surface area (Å²) in [6.07, 6.45) is 0. The van der Waals surface area contributed by atoms with Crippen LogP contribution in [0.15, 0.2) is 29.4 Å². The third-order valence-electron chi connectivity index (χ3n) is 2.48. The van der Waals surface area contributed by atoms with Crippen LogP contribution in [-0.2, 0) is 0 Å². The fraction of sp³-hybridized carbons (Fsp3) is 0.167. The molecule has 4 N–H and O–H groups in total. The van der Waals surface area contributed by atoms with Gasteiger partial charge < -0.3 is 15.7 Å². The highest BCUT2D eigenvalue weighted by atomic mass is 16.5. The van der Waals surface area contributed by atoms with Crippen molar-refractivity contribution in [2.24, 2.45) is 10.9 Å². The molecule has 2 rings (SSSR count). The zero-order valence-corrected chi connectivity index (χ0v) is 10.1. The number of amidine groups is 1. The van der Waals surface area contributed by atoms with Crippen molar-refractivity contribution in [3.8, 4) is 11.6 Å². The number of rotatable bonds is 3. The van der Waals surface area contributed by atoms with Crippen molar-refractivity contribution in [3.05, 3.63) is 41.1 Å². The lowest BCUT2D eigenvalue weighted by Gasteiger charge is -2.10. The molecule has 1 heterocycles. The molecular formula is C12H14N4O2. The van der Waals surface area contributed by atoms with Crippen LogP contribution < -0.4 is 10.5 Å². The number of para-hydroxylation sites is 1. The Morgan fingerprint density at radius 1 is 1.44 bits per heavy atom. The molecule has 0 spiro atoms. The topological polar surface area (TPSA) is 96.5 Å². The van der Waals surface area contributed by atoms with Gasteiger partial charge in [-0.15, -0.1) is 5.10 Å². The van der Waals surface area contributed by atoms with Crippen LogP contribution in [0.25, 0.3) is 0 Å². The average molecular weight is 246 g/mol. The molecule has 0 saturated heterocycles. The zero-order valence-electron chi connectivity index (χ0n) is 10.1. The molecule has 1 aromatic carbocycles. The van der Waals surface area contributed by atoms with Gasteiger partial charge in [0.2, 0.25) is 5.88 Å². The normalized spacial score (nSPS) is 11.6. The van der Waals surface area contributed by atoms with Crippen molar-refractivity contribution in [1.82, 2.24) is 10.2 Å². The van der Waals surface area contributed by atoms with E-state index in [0.717, 1.165) is 11.3 Å².